The molecule has 1 aromatic heterocycles. The van der Waals surface area contributed by atoms with Gasteiger partial charge >= 0.3 is 0 Å². The van der Waals surface area contributed by atoms with Crippen LogP contribution >= 0.6 is 0 Å². The van der Waals surface area contributed by atoms with Gasteiger partial charge in [-0.25, -0.2) is 8.42 Å². The van der Waals surface area contributed by atoms with Crippen LogP contribution in [-0.4, -0.2) is 67.7 Å². The summed E-state index contributed by atoms with van der Waals surface area (Å²) in [5.41, 5.74) is 2.53. The minimum Gasteiger partial charge on any atom is -0.497 e. The minimum atomic E-state index is -3.57. The molecule has 7 nitrogen and oxygen atoms in total. The summed E-state index contributed by atoms with van der Waals surface area (Å²) in [6.45, 7) is 5.52. The predicted molar refractivity (Wildman–Crippen MR) is 120 cm³/mol. The zero-order valence-electron chi connectivity index (χ0n) is 18.0. The summed E-state index contributed by atoms with van der Waals surface area (Å²) in [7, 11) is -2.03. The lowest BCUT2D eigenvalue weighted by Gasteiger charge is -2.36. The van der Waals surface area contributed by atoms with Crippen LogP contribution in [0, 0.1) is 6.92 Å². The van der Waals surface area contributed by atoms with Crippen molar-refractivity contribution in [3.05, 3.63) is 59.8 Å². The predicted octanol–water partition coefficient (Wildman–Crippen LogP) is 3.06. The summed E-state index contributed by atoms with van der Waals surface area (Å²) >= 11 is 0. The highest BCUT2D eigenvalue weighted by Gasteiger charge is 2.33. The minimum absolute atomic E-state index is 0.0569. The van der Waals surface area contributed by atoms with E-state index in [9.17, 15) is 13.2 Å². The van der Waals surface area contributed by atoms with Crippen molar-refractivity contribution in [2.75, 3.05) is 33.3 Å². The number of carbonyl (C=O) groups is 1. The number of Topliss-reactive ketones (excluding diaryl/α,β-unsaturated/α-hetero) is 1. The molecule has 1 fully saturated rings. The van der Waals surface area contributed by atoms with Gasteiger partial charge in [-0.15, -0.1) is 0 Å². The first-order valence-corrected chi connectivity index (χ1v) is 11.8. The van der Waals surface area contributed by atoms with Crippen LogP contribution in [0.5, 0.6) is 5.75 Å². The fraction of sp³-hybridized carbons (Fsp3) is 0.348. The molecule has 2 aromatic carbocycles. The van der Waals surface area contributed by atoms with E-state index in [2.05, 4.69) is 9.88 Å². The number of ketones is 1. The van der Waals surface area contributed by atoms with Gasteiger partial charge in [-0.3, -0.25) is 9.69 Å². The molecule has 4 rings (SSSR count). The molecule has 31 heavy (non-hydrogen) atoms. The number of nitrogens with zero attached hydrogens (tertiary/aromatic N) is 2. The lowest BCUT2D eigenvalue weighted by molar-refractivity contribution is 0.0783. The molecule has 8 heteroatoms. The average Bonchev–Trinajstić information content (AvgIpc) is 3.13. The van der Waals surface area contributed by atoms with Crippen molar-refractivity contribution in [1.29, 1.82) is 0 Å². The molecule has 2 heterocycles. The summed E-state index contributed by atoms with van der Waals surface area (Å²) < 4.78 is 32.5. The molecular weight excluding hydrogens is 414 g/mol. The maximum absolute atomic E-state index is 13.3. The number of H-pyrrole nitrogens is 1. The summed E-state index contributed by atoms with van der Waals surface area (Å²) in [6, 6.07) is 13.9. The molecule has 0 unspecified atom stereocenters. The lowest BCUT2D eigenvalue weighted by Crippen LogP contribution is -2.53. The Hall–Kier alpha value is -2.68. The van der Waals surface area contributed by atoms with Gasteiger partial charge in [-0.1, -0.05) is 18.2 Å². The molecular formula is C23H27N3O4S. The van der Waals surface area contributed by atoms with E-state index in [0.29, 0.717) is 31.9 Å². The smallest absolute Gasteiger partial charge is 0.243 e. The molecule has 0 aliphatic carbocycles. The molecule has 0 amide bonds. The van der Waals surface area contributed by atoms with E-state index >= 15 is 0 Å². The van der Waals surface area contributed by atoms with Gasteiger partial charge in [-0.2, -0.15) is 4.31 Å². The molecule has 1 aliphatic rings. The highest BCUT2D eigenvalue weighted by molar-refractivity contribution is 7.89. The fourth-order valence-electron chi connectivity index (χ4n) is 4.20. The summed E-state index contributed by atoms with van der Waals surface area (Å²) in [6.07, 6.45) is 0. The number of ether oxygens (including phenoxy) is 1. The summed E-state index contributed by atoms with van der Waals surface area (Å²) in [4.78, 5) is 18.9. The topological polar surface area (TPSA) is 82.7 Å². The Morgan fingerprint density at radius 1 is 1.03 bits per heavy atom. The highest BCUT2D eigenvalue weighted by atomic mass is 32.2. The molecule has 1 N–H and O–H groups in total. The second-order valence-electron chi connectivity index (χ2n) is 7.83. The first kappa shape index (κ1) is 21.5. The van der Waals surface area contributed by atoms with Crippen molar-refractivity contribution in [3.63, 3.8) is 0 Å². The van der Waals surface area contributed by atoms with E-state index in [4.69, 9.17) is 4.74 Å². The molecule has 1 atom stereocenters. The number of piperazine rings is 1. The van der Waals surface area contributed by atoms with E-state index in [1.165, 1.54) is 4.31 Å². The van der Waals surface area contributed by atoms with Crippen LogP contribution in [0.2, 0.25) is 0 Å². The number of fused-ring (bicyclic) bond motifs is 1. The zero-order chi connectivity index (χ0) is 22.2. The van der Waals surface area contributed by atoms with Crippen molar-refractivity contribution in [2.45, 2.75) is 24.8 Å². The van der Waals surface area contributed by atoms with E-state index in [1.54, 1.807) is 31.4 Å². The third kappa shape index (κ3) is 3.98. The Morgan fingerprint density at radius 3 is 2.32 bits per heavy atom. The maximum Gasteiger partial charge on any atom is 0.243 e. The molecule has 164 valence electrons. The second-order valence-corrected chi connectivity index (χ2v) is 9.76. The third-order valence-corrected chi connectivity index (χ3v) is 7.95. The fourth-order valence-corrected chi connectivity index (χ4v) is 5.62. The number of aromatic amines is 1. The van der Waals surface area contributed by atoms with Gasteiger partial charge < -0.3 is 9.72 Å². The average molecular weight is 442 g/mol. The standard InChI is InChI=1S/C23H27N3O4S/c1-16-22(20-6-4-5-7-21(20)24-16)23(27)17(2)25-12-14-26(15-13-25)31(28,29)19-10-8-18(30-3)9-11-19/h4-11,17,24H,12-15H2,1-3H3/t17-/m0/s1. The number of aromatic nitrogens is 1. The monoisotopic (exact) mass is 441 g/mol. The molecule has 0 bridgehead atoms. The maximum atomic E-state index is 13.3. The van der Waals surface area contributed by atoms with E-state index < -0.39 is 10.0 Å². The van der Waals surface area contributed by atoms with E-state index in [-0.39, 0.29) is 16.7 Å². The van der Waals surface area contributed by atoms with Crippen LogP contribution < -0.4 is 4.74 Å². The number of hydrogen-bond acceptors (Lipinski definition) is 5. The van der Waals surface area contributed by atoms with Crippen molar-refractivity contribution in [3.8, 4) is 5.75 Å². The van der Waals surface area contributed by atoms with Crippen LogP contribution in [0.3, 0.4) is 0 Å². The first-order valence-electron chi connectivity index (χ1n) is 10.3. The highest BCUT2D eigenvalue weighted by Crippen LogP contribution is 2.26. The number of methoxy groups -OCH3 is 1. The van der Waals surface area contributed by atoms with Crippen LogP contribution in [0.1, 0.15) is 23.0 Å². The second kappa shape index (κ2) is 8.45. The largest absolute Gasteiger partial charge is 0.497 e. The molecule has 0 radical (unpaired) electrons. The van der Waals surface area contributed by atoms with Crippen molar-refractivity contribution in [1.82, 2.24) is 14.2 Å². The number of para-hydroxylation sites is 1. The zero-order valence-corrected chi connectivity index (χ0v) is 18.8. The number of rotatable bonds is 6. The number of sulfonamides is 1. The van der Waals surface area contributed by atoms with E-state index in [0.717, 1.165) is 22.2 Å². The number of nitrogens with one attached hydrogen (secondary N) is 1. The van der Waals surface area contributed by atoms with Crippen LogP contribution in [0.25, 0.3) is 10.9 Å². The van der Waals surface area contributed by atoms with Crippen molar-refractivity contribution >= 4 is 26.7 Å². The van der Waals surface area contributed by atoms with E-state index in [1.807, 2.05) is 38.1 Å². The Labute approximate surface area is 182 Å². The number of benzene rings is 2. The molecule has 0 saturated carbocycles. The van der Waals surface area contributed by atoms with Gasteiger partial charge in [0.05, 0.1) is 18.0 Å². The Bertz CT molecular complexity index is 1190. The van der Waals surface area contributed by atoms with Crippen molar-refractivity contribution in [2.24, 2.45) is 0 Å². The van der Waals surface area contributed by atoms with Gasteiger partial charge in [0, 0.05) is 48.3 Å². The molecule has 0 spiro atoms. The van der Waals surface area contributed by atoms with Crippen molar-refractivity contribution < 1.29 is 17.9 Å². The Balaban J connectivity index is 1.46. The molecule has 1 saturated heterocycles. The van der Waals surface area contributed by atoms with Gasteiger partial charge in [0.25, 0.3) is 0 Å². The quantitative estimate of drug-likeness (QED) is 0.595. The van der Waals surface area contributed by atoms with Gasteiger partial charge in [-0.05, 0) is 44.2 Å². The first-order chi connectivity index (χ1) is 14.8. The third-order valence-electron chi connectivity index (χ3n) is 6.04. The lowest BCUT2D eigenvalue weighted by atomic mass is 10.0. The molecule has 3 aromatic rings. The van der Waals surface area contributed by atoms with Gasteiger partial charge in [0.2, 0.25) is 10.0 Å². The summed E-state index contributed by atoms with van der Waals surface area (Å²) in [5, 5.41) is 0.928. The molecule has 1 aliphatic heterocycles. The van der Waals surface area contributed by atoms with Crippen LogP contribution in [0.15, 0.2) is 53.4 Å². The SMILES string of the molecule is COc1ccc(S(=O)(=O)N2CCN([C@@H](C)C(=O)c3c(C)[nH]c4ccccc34)CC2)cc1. The number of hydrogen-bond donors (Lipinski definition) is 1. The van der Waals surface area contributed by atoms with Crippen LogP contribution in [0.4, 0.5) is 0 Å². The van der Waals surface area contributed by atoms with Gasteiger partial charge in [0.1, 0.15) is 5.75 Å². The Morgan fingerprint density at radius 2 is 1.68 bits per heavy atom. The van der Waals surface area contributed by atoms with Crippen LogP contribution in [-0.2, 0) is 10.0 Å². The normalized spacial score (nSPS) is 17.0. The summed E-state index contributed by atoms with van der Waals surface area (Å²) in [5.74, 6) is 0.671. The number of carbonyl (C=O) groups excluding carboxylic acids is 1. The Kier molecular flexibility index (Phi) is 5.88. The number of aryl methyl sites for hydroxylation is 1. The van der Waals surface area contributed by atoms with Gasteiger partial charge in [0.15, 0.2) is 5.78 Å².